The summed E-state index contributed by atoms with van der Waals surface area (Å²) in [6.45, 7) is 10.8. The van der Waals surface area contributed by atoms with Gasteiger partial charge in [0.1, 0.15) is 0 Å². The summed E-state index contributed by atoms with van der Waals surface area (Å²) >= 11 is 7.95. The van der Waals surface area contributed by atoms with Crippen LogP contribution in [-0.2, 0) is 6.54 Å². The smallest absolute Gasteiger partial charge is 0.0410 e. The Labute approximate surface area is 114 Å². The summed E-state index contributed by atoms with van der Waals surface area (Å²) in [5.74, 6) is 0.676. The Bertz CT molecular complexity index is 350. The van der Waals surface area contributed by atoms with Gasteiger partial charge in [0.15, 0.2) is 0 Å². The Balaban J connectivity index is 2.69. The lowest BCUT2D eigenvalue weighted by molar-refractivity contribution is 0.550. The van der Waals surface area contributed by atoms with Crippen molar-refractivity contribution in [3.63, 3.8) is 0 Å². The van der Waals surface area contributed by atoms with E-state index in [4.69, 9.17) is 11.6 Å². The predicted molar refractivity (Wildman–Crippen MR) is 79.0 cm³/mol. The van der Waals surface area contributed by atoms with E-state index >= 15 is 0 Å². The van der Waals surface area contributed by atoms with Gasteiger partial charge in [-0.15, -0.1) is 11.8 Å². The van der Waals surface area contributed by atoms with E-state index in [1.165, 1.54) is 10.5 Å². The summed E-state index contributed by atoms with van der Waals surface area (Å²) in [7, 11) is 0. The first kappa shape index (κ1) is 14.9. The van der Waals surface area contributed by atoms with Crippen LogP contribution < -0.4 is 5.32 Å². The van der Waals surface area contributed by atoms with E-state index in [0.29, 0.717) is 11.2 Å². The van der Waals surface area contributed by atoms with E-state index in [2.05, 4.69) is 45.1 Å². The topological polar surface area (TPSA) is 12.0 Å². The zero-order valence-corrected chi connectivity index (χ0v) is 12.7. The van der Waals surface area contributed by atoms with E-state index in [1.54, 1.807) is 0 Å². The Morgan fingerprint density at radius 2 is 1.94 bits per heavy atom. The third-order valence-electron chi connectivity index (χ3n) is 2.25. The fourth-order valence-electron chi connectivity index (χ4n) is 1.55. The largest absolute Gasteiger partial charge is 0.312 e. The molecule has 0 bridgehead atoms. The molecule has 1 aromatic carbocycles. The van der Waals surface area contributed by atoms with Crippen LogP contribution in [0, 0.1) is 5.92 Å². The molecule has 1 rings (SSSR count). The molecule has 1 nitrogen and oxygen atoms in total. The van der Waals surface area contributed by atoms with Crippen molar-refractivity contribution in [1.29, 1.82) is 0 Å². The van der Waals surface area contributed by atoms with Crippen LogP contribution in [0.1, 0.15) is 33.3 Å². The first-order valence-corrected chi connectivity index (χ1v) is 7.40. The minimum atomic E-state index is 0.597. The molecule has 0 radical (unpaired) electrons. The van der Waals surface area contributed by atoms with Gasteiger partial charge in [-0.2, -0.15) is 0 Å². The molecule has 17 heavy (non-hydrogen) atoms. The van der Waals surface area contributed by atoms with Gasteiger partial charge in [-0.3, -0.25) is 0 Å². The van der Waals surface area contributed by atoms with E-state index in [-0.39, 0.29) is 0 Å². The Morgan fingerprint density at radius 1 is 1.24 bits per heavy atom. The van der Waals surface area contributed by atoms with Crippen LogP contribution in [0.4, 0.5) is 0 Å². The fourth-order valence-corrected chi connectivity index (χ4v) is 2.68. The lowest BCUT2D eigenvalue weighted by Gasteiger charge is -2.13. The molecule has 0 spiro atoms. The van der Waals surface area contributed by atoms with Gasteiger partial charge < -0.3 is 5.32 Å². The quantitative estimate of drug-likeness (QED) is 0.760. The molecule has 0 unspecified atom stereocenters. The van der Waals surface area contributed by atoms with Gasteiger partial charge in [0, 0.05) is 21.7 Å². The number of nitrogens with one attached hydrogen (secondary N) is 1. The molecular weight excluding hydrogens is 250 g/mol. The first-order valence-electron chi connectivity index (χ1n) is 6.15. The molecule has 96 valence electrons. The van der Waals surface area contributed by atoms with Crippen molar-refractivity contribution in [2.75, 3.05) is 6.54 Å². The summed E-state index contributed by atoms with van der Waals surface area (Å²) in [6.07, 6.45) is 0. The molecule has 0 aliphatic carbocycles. The summed E-state index contributed by atoms with van der Waals surface area (Å²) in [5, 5.41) is 4.89. The van der Waals surface area contributed by atoms with E-state index < -0.39 is 0 Å². The second-order valence-electron chi connectivity index (χ2n) is 4.94. The van der Waals surface area contributed by atoms with Crippen molar-refractivity contribution in [1.82, 2.24) is 5.32 Å². The molecule has 0 saturated heterocycles. The summed E-state index contributed by atoms with van der Waals surface area (Å²) in [6, 6.07) is 6.16. The monoisotopic (exact) mass is 271 g/mol. The van der Waals surface area contributed by atoms with Crippen LogP contribution in [0.3, 0.4) is 0 Å². The van der Waals surface area contributed by atoms with Crippen LogP contribution in [0.15, 0.2) is 23.1 Å². The molecular formula is C14H22ClNS. The second kappa shape index (κ2) is 7.30. The normalized spacial score (nSPS) is 11.5. The SMILES string of the molecule is CC(C)CNCc1cc(Cl)ccc1SC(C)C. The highest BCUT2D eigenvalue weighted by molar-refractivity contribution is 8.00. The summed E-state index contributed by atoms with van der Waals surface area (Å²) in [5.41, 5.74) is 1.30. The van der Waals surface area contributed by atoms with Crippen molar-refractivity contribution in [3.05, 3.63) is 28.8 Å². The maximum absolute atomic E-state index is 6.06. The standard InChI is InChI=1S/C14H22ClNS/c1-10(2)8-16-9-12-7-13(15)5-6-14(12)17-11(3)4/h5-7,10-11,16H,8-9H2,1-4H3. The van der Waals surface area contributed by atoms with E-state index in [9.17, 15) is 0 Å². The minimum absolute atomic E-state index is 0.597. The summed E-state index contributed by atoms with van der Waals surface area (Å²) < 4.78 is 0. The highest BCUT2D eigenvalue weighted by Crippen LogP contribution is 2.28. The maximum atomic E-state index is 6.06. The van der Waals surface area contributed by atoms with Crippen molar-refractivity contribution in [3.8, 4) is 0 Å². The van der Waals surface area contributed by atoms with Crippen LogP contribution in [0.5, 0.6) is 0 Å². The van der Waals surface area contributed by atoms with Crippen LogP contribution in [0.2, 0.25) is 5.02 Å². The molecule has 0 aromatic heterocycles. The molecule has 1 aromatic rings. The van der Waals surface area contributed by atoms with Crippen molar-refractivity contribution >= 4 is 23.4 Å². The molecule has 0 amide bonds. The second-order valence-corrected chi connectivity index (χ2v) is 7.00. The lowest BCUT2D eigenvalue weighted by Crippen LogP contribution is -2.19. The fraction of sp³-hybridized carbons (Fsp3) is 0.571. The van der Waals surface area contributed by atoms with E-state index in [1.807, 2.05) is 17.8 Å². The van der Waals surface area contributed by atoms with Gasteiger partial charge >= 0.3 is 0 Å². The zero-order chi connectivity index (χ0) is 12.8. The van der Waals surface area contributed by atoms with E-state index in [0.717, 1.165) is 18.1 Å². The molecule has 0 aliphatic heterocycles. The predicted octanol–water partition coefficient (Wildman–Crippen LogP) is 4.59. The molecule has 1 N–H and O–H groups in total. The van der Waals surface area contributed by atoms with Gasteiger partial charge in [-0.05, 0) is 36.2 Å². The molecule has 0 saturated carbocycles. The van der Waals surface area contributed by atoms with Gasteiger partial charge in [-0.25, -0.2) is 0 Å². The number of rotatable bonds is 6. The van der Waals surface area contributed by atoms with Gasteiger partial charge in [0.25, 0.3) is 0 Å². The third-order valence-corrected chi connectivity index (χ3v) is 3.61. The molecule has 0 fully saturated rings. The average Bonchev–Trinajstić information content (AvgIpc) is 2.21. The Hall–Kier alpha value is -0.180. The number of hydrogen-bond acceptors (Lipinski definition) is 2. The van der Waals surface area contributed by atoms with Gasteiger partial charge in [0.05, 0.1) is 0 Å². The lowest BCUT2D eigenvalue weighted by atomic mass is 10.2. The molecule has 0 atom stereocenters. The maximum Gasteiger partial charge on any atom is 0.0410 e. The van der Waals surface area contributed by atoms with Crippen LogP contribution in [0.25, 0.3) is 0 Å². The number of halogens is 1. The molecule has 0 heterocycles. The van der Waals surface area contributed by atoms with Crippen molar-refractivity contribution in [2.45, 2.75) is 44.4 Å². The molecule has 3 heteroatoms. The Morgan fingerprint density at radius 3 is 2.53 bits per heavy atom. The van der Waals surface area contributed by atoms with Crippen LogP contribution >= 0.6 is 23.4 Å². The van der Waals surface area contributed by atoms with Gasteiger partial charge in [-0.1, -0.05) is 39.3 Å². The highest BCUT2D eigenvalue weighted by Gasteiger charge is 2.06. The first-order chi connectivity index (χ1) is 7.99. The average molecular weight is 272 g/mol. The zero-order valence-electron chi connectivity index (χ0n) is 11.1. The highest BCUT2D eigenvalue weighted by atomic mass is 35.5. The van der Waals surface area contributed by atoms with Crippen molar-refractivity contribution in [2.24, 2.45) is 5.92 Å². The van der Waals surface area contributed by atoms with Crippen molar-refractivity contribution < 1.29 is 0 Å². The van der Waals surface area contributed by atoms with Crippen LogP contribution in [-0.4, -0.2) is 11.8 Å². The third kappa shape index (κ3) is 5.80. The minimum Gasteiger partial charge on any atom is -0.312 e. The number of hydrogen-bond donors (Lipinski definition) is 1. The van der Waals surface area contributed by atoms with Gasteiger partial charge in [0.2, 0.25) is 0 Å². The molecule has 0 aliphatic rings. The summed E-state index contributed by atoms with van der Waals surface area (Å²) in [4.78, 5) is 1.33. The number of benzene rings is 1. The number of thioether (sulfide) groups is 1. The Kier molecular flexibility index (Phi) is 6.39.